The van der Waals surface area contributed by atoms with Gasteiger partial charge in [-0.2, -0.15) is 5.26 Å². The Morgan fingerprint density at radius 2 is 1.90 bits per heavy atom. The number of allylic oxidation sites excluding steroid dienone is 1. The Morgan fingerprint density at radius 1 is 1.10 bits per heavy atom. The maximum absolute atomic E-state index is 10.5. The number of hydrogen-bond donors (Lipinski definition) is 2. The second kappa shape index (κ2) is 7.35. The Labute approximate surface area is 182 Å². The molecule has 30 heavy (non-hydrogen) atoms. The van der Waals surface area contributed by atoms with E-state index < -0.39 is 11.5 Å². The van der Waals surface area contributed by atoms with Gasteiger partial charge in [-0.25, -0.2) is 0 Å². The second-order valence-electron chi connectivity index (χ2n) is 12.2. The van der Waals surface area contributed by atoms with Crippen LogP contribution in [0, 0.1) is 51.2 Å². The van der Waals surface area contributed by atoms with Crippen molar-refractivity contribution in [1.29, 1.82) is 5.26 Å². The zero-order valence-electron chi connectivity index (χ0n) is 19.1. The molecule has 0 aromatic carbocycles. The van der Waals surface area contributed by atoms with Gasteiger partial charge in [0.1, 0.15) is 0 Å². The third-order valence-corrected chi connectivity index (χ3v) is 11.0. The highest BCUT2D eigenvalue weighted by Gasteiger charge is 2.58. The third kappa shape index (κ3) is 3.12. The van der Waals surface area contributed by atoms with Crippen LogP contribution in [0.3, 0.4) is 0 Å². The molecule has 0 amide bonds. The largest absolute Gasteiger partial charge is 0.393 e. The predicted octanol–water partition coefficient (Wildman–Crippen LogP) is 5.76. The first-order valence-corrected chi connectivity index (χ1v) is 12.8. The molecule has 0 radical (unpaired) electrons. The van der Waals surface area contributed by atoms with Crippen molar-refractivity contribution in [1.82, 2.24) is 0 Å². The van der Waals surface area contributed by atoms with Gasteiger partial charge in [-0.1, -0.05) is 31.9 Å². The molecule has 5 aliphatic carbocycles. The summed E-state index contributed by atoms with van der Waals surface area (Å²) in [5.74, 6) is 3.28. The lowest BCUT2D eigenvalue weighted by Gasteiger charge is -2.58. The molecule has 2 N–H and O–H groups in total. The van der Waals surface area contributed by atoms with Gasteiger partial charge in [-0.05, 0) is 112 Å². The number of nitriles is 1. The van der Waals surface area contributed by atoms with Crippen molar-refractivity contribution in [3.63, 3.8) is 0 Å². The summed E-state index contributed by atoms with van der Waals surface area (Å²) < 4.78 is 0. The molecule has 8 unspecified atom stereocenters. The molecule has 5 aliphatic rings. The van der Waals surface area contributed by atoms with Gasteiger partial charge in [0, 0.05) is 0 Å². The molecule has 0 aromatic rings. The van der Waals surface area contributed by atoms with Crippen LogP contribution in [-0.2, 0) is 0 Å². The summed E-state index contributed by atoms with van der Waals surface area (Å²) >= 11 is 0. The lowest BCUT2D eigenvalue weighted by atomic mass is 9.47. The van der Waals surface area contributed by atoms with Gasteiger partial charge in [0.25, 0.3) is 0 Å². The average molecular weight is 412 g/mol. The van der Waals surface area contributed by atoms with Crippen molar-refractivity contribution in [3.05, 3.63) is 11.6 Å². The highest BCUT2D eigenvalue weighted by molar-refractivity contribution is 5.25. The summed E-state index contributed by atoms with van der Waals surface area (Å²) in [5, 5.41) is 30.0. The van der Waals surface area contributed by atoms with E-state index in [-0.39, 0.29) is 6.10 Å². The van der Waals surface area contributed by atoms with Crippen LogP contribution in [0.15, 0.2) is 11.6 Å². The molecule has 0 spiro atoms. The van der Waals surface area contributed by atoms with Crippen molar-refractivity contribution in [3.8, 4) is 6.07 Å². The second-order valence-corrected chi connectivity index (χ2v) is 12.2. The third-order valence-electron chi connectivity index (χ3n) is 11.0. The summed E-state index contributed by atoms with van der Waals surface area (Å²) in [6, 6.07) is 2.37. The molecule has 3 heteroatoms. The van der Waals surface area contributed by atoms with E-state index in [9.17, 15) is 15.5 Å². The highest BCUT2D eigenvalue weighted by atomic mass is 16.3. The minimum Gasteiger partial charge on any atom is -0.393 e. The molecular formula is C27H41NO2. The predicted molar refractivity (Wildman–Crippen MR) is 118 cm³/mol. The summed E-state index contributed by atoms with van der Waals surface area (Å²) in [7, 11) is 0. The molecule has 0 aliphatic heterocycles. The molecule has 3 nitrogen and oxygen atoms in total. The van der Waals surface area contributed by atoms with Gasteiger partial charge in [-0.15, -0.1) is 0 Å². The fourth-order valence-corrected chi connectivity index (χ4v) is 8.71. The summed E-state index contributed by atoms with van der Waals surface area (Å²) in [6.45, 7) is 5.10. The SMILES string of the molecule is CC12CCC(O)CC1=CCC1C2CCC2(C)C(CCCC(O)C3(C#N)CC3)CCC12. The molecule has 166 valence electrons. The van der Waals surface area contributed by atoms with E-state index in [1.807, 2.05) is 0 Å². The lowest BCUT2D eigenvalue weighted by molar-refractivity contribution is -0.0512. The van der Waals surface area contributed by atoms with Gasteiger partial charge in [0.15, 0.2) is 0 Å². The Hall–Kier alpha value is -0.850. The van der Waals surface area contributed by atoms with Crippen molar-refractivity contribution >= 4 is 0 Å². The van der Waals surface area contributed by atoms with Crippen molar-refractivity contribution in [2.24, 2.45) is 39.9 Å². The van der Waals surface area contributed by atoms with E-state index in [2.05, 4.69) is 26.0 Å². The Bertz CT molecular complexity index is 748. The number of fused-ring (bicyclic) bond motifs is 5. The van der Waals surface area contributed by atoms with Crippen molar-refractivity contribution in [2.45, 2.75) is 110 Å². The van der Waals surface area contributed by atoms with E-state index in [1.54, 1.807) is 5.57 Å². The topological polar surface area (TPSA) is 64.2 Å². The number of hydrogen-bond acceptors (Lipinski definition) is 3. The van der Waals surface area contributed by atoms with Gasteiger partial charge in [0.2, 0.25) is 0 Å². The van der Waals surface area contributed by atoms with Gasteiger partial charge < -0.3 is 10.2 Å². The van der Waals surface area contributed by atoms with E-state index in [4.69, 9.17) is 0 Å². The number of rotatable bonds is 5. The quantitative estimate of drug-likeness (QED) is 0.565. The van der Waals surface area contributed by atoms with Crippen molar-refractivity contribution in [2.75, 3.05) is 0 Å². The zero-order chi connectivity index (χ0) is 21.1. The van der Waals surface area contributed by atoms with Crippen LogP contribution < -0.4 is 0 Å². The number of aliphatic hydroxyl groups is 2. The van der Waals surface area contributed by atoms with E-state index in [1.165, 1.54) is 44.9 Å². The zero-order valence-corrected chi connectivity index (χ0v) is 19.1. The van der Waals surface area contributed by atoms with Gasteiger partial charge >= 0.3 is 0 Å². The summed E-state index contributed by atoms with van der Waals surface area (Å²) in [5.41, 5.74) is 1.98. The molecule has 0 bridgehead atoms. The molecule has 8 atom stereocenters. The van der Waals surface area contributed by atoms with Crippen LogP contribution in [-0.4, -0.2) is 22.4 Å². The van der Waals surface area contributed by atoms with Crippen LogP contribution in [0.1, 0.15) is 97.3 Å². The maximum Gasteiger partial charge on any atom is 0.0833 e. The molecular weight excluding hydrogens is 370 g/mol. The first-order valence-electron chi connectivity index (χ1n) is 12.8. The maximum atomic E-state index is 10.5. The van der Waals surface area contributed by atoms with Crippen molar-refractivity contribution < 1.29 is 10.2 Å². The molecule has 4 fully saturated rings. The Morgan fingerprint density at radius 3 is 2.63 bits per heavy atom. The van der Waals surface area contributed by atoms with Crippen LogP contribution in [0.4, 0.5) is 0 Å². The highest BCUT2D eigenvalue weighted by Crippen LogP contribution is 2.66. The lowest BCUT2D eigenvalue weighted by Crippen LogP contribution is -2.50. The molecule has 4 saturated carbocycles. The van der Waals surface area contributed by atoms with E-state index in [0.29, 0.717) is 10.8 Å². The Balaban J connectivity index is 1.25. The summed E-state index contributed by atoms with van der Waals surface area (Å²) in [6.07, 6.45) is 16.7. The van der Waals surface area contributed by atoms with Crippen LogP contribution in [0.2, 0.25) is 0 Å². The molecule has 0 heterocycles. The first kappa shape index (κ1) is 21.0. The average Bonchev–Trinajstić information content (AvgIpc) is 3.46. The van der Waals surface area contributed by atoms with E-state index in [0.717, 1.165) is 62.2 Å². The van der Waals surface area contributed by atoms with Crippen LogP contribution >= 0.6 is 0 Å². The van der Waals surface area contributed by atoms with E-state index >= 15 is 0 Å². The smallest absolute Gasteiger partial charge is 0.0833 e. The molecule has 0 aromatic heterocycles. The number of aliphatic hydroxyl groups excluding tert-OH is 2. The fraction of sp³-hybridized carbons (Fsp3) is 0.889. The standard InChI is InChI=1S/C27H41NO2/c1-25-13-11-23-21(8-6-19-16-20(29)10-12-26(19,23)2)22(25)9-7-18(25)4-3-5-24(30)27(17-28)14-15-27/h6,18,20-24,29-30H,3-5,7-16H2,1-2H3. The minimum absolute atomic E-state index is 0.114. The monoisotopic (exact) mass is 411 g/mol. The summed E-state index contributed by atoms with van der Waals surface area (Å²) in [4.78, 5) is 0. The van der Waals surface area contributed by atoms with Crippen LogP contribution in [0.5, 0.6) is 0 Å². The first-order chi connectivity index (χ1) is 14.3. The van der Waals surface area contributed by atoms with Crippen LogP contribution in [0.25, 0.3) is 0 Å². The Kier molecular flexibility index (Phi) is 5.15. The molecule has 5 rings (SSSR count). The fourth-order valence-electron chi connectivity index (χ4n) is 8.71. The van der Waals surface area contributed by atoms with Gasteiger partial charge in [0.05, 0.1) is 23.7 Å². The normalized spacial score (nSPS) is 47.3. The number of nitrogens with zero attached hydrogens (tertiary/aromatic N) is 1. The molecule has 0 saturated heterocycles. The minimum atomic E-state index is -0.410. The van der Waals surface area contributed by atoms with Gasteiger partial charge in [-0.3, -0.25) is 0 Å².